The molecule has 0 atom stereocenters. The maximum absolute atomic E-state index is 13.6. The number of carbonyl (C=O) groups is 1. The number of anilines is 2. The van der Waals surface area contributed by atoms with Crippen LogP contribution in [0.15, 0.2) is 47.4 Å². The van der Waals surface area contributed by atoms with E-state index in [1.807, 2.05) is 0 Å². The third-order valence-electron chi connectivity index (χ3n) is 2.62. The SMILES string of the molecule is CC(=O)Nc1cccc(NS(=O)(=O)c2c(F)cccc2F)c1. The zero-order valence-corrected chi connectivity index (χ0v) is 12.2. The van der Waals surface area contributed by atoms with Crippen molar-refractivity contribution in [1.29, 1.82) is 0 Å². The van der Waals surface area contributed by atoms with E-state index in [1.165, 1.54) is 25.1 Å². The molecule has 0 aliphatic rings. The Bertz CT molecular complexity index is 802. The molecule has 0 aromatic heterocycles. The predicted molar refractivity (Wildman–Crippen MR) is 77.9 cm³/mol. The van der Waals surface area contributed by atoms with Crippen molar-refractivity contribution in [3.8, 4) is 0 Å². The van der Waals surface area contributed by atoms with Gasteiger partial charge >= 0.3 is 0 Å². The number of rotatable bonds is 4. The van der Waals surface area contributed by atoms with Crippen LogP contribution in [-0.4, -0.2) is 14.3 Å². The number of hydrogen-bond acceptors (Lipinski definition) is 3. The van der Waals surface area contributed by atoms with E-state index in [1.54, 1.807) is 6.07 Å². The molecule has 2 aromatic rings. The highest BCUT2D eigenvalue weighted by molar-refractivity contribution is 7.92. The lowest BCUT2D eigenvalue weighted by Crippen LogP contribution is -2.16. The van der Waals surface area contributed by atoms with Gasteiger partial charge in [0, 0.05) is 12.6 Å². The fraction of sp³-hybridized carbons (Fsp3) is 0.0714. The number of halogens is 2. The number of benzene rings is 2. The molecule has 0 fully saturated rings. The first kappa shape index (κ1) is 15.9. The summed E-state index contributed by atoms with van der Waals surface area (Å²) in [6, 6.07) is 8.53. The number of carbonyl (C=O) groups excluding carboxylic acids is 1. The van der Waals surface area contributed by atoms with Crippen LogP contribution in [-0.2, 0) is 14.8 Å². The topological polar surface area (TPSA) is 75.3 Å². The Balaban J connectivity index is 2.35. The van der Waals surface area contributed by atoms with Crippen LogP contribution >= 0.6 is 0 Å². The summed E-state index contributed by atoms with van der Waals surface area (Å²) in [6.07, 6.45) is 0. The van der Waals surface area contributed by atoms with Gasteiger partial charge in [0.25, 0.3) is 10.0 Å². The van der Waals surface area contributed by atoms with Crippen molar-refractivity contribution in [1.82, 2.24) is 0 Å². The van der Waals surface area contributed by atoms with Crippen molar-refractivity contribution in [2.24, 2.45) is 0 Å². The van der Waals surface area contributed by atoms with Crippen LogP contribution in [0, 0.1) is 11.6 Å². The van der Waals surface area contributed by atoms with Gasteiger partial charge in [0.05, 0.1) is 5.69 Å². The third kappa shape index (κ3) is 3.59. The summed E-state index contributed by atoms with van der Waals surface area (Å²) in [5.41, 5.74) is 0.413. The average molecular weight is 326 g/mol. The molecular formula is C14H12F2N2O3S. The van der Waals surface area contributed by atoms with Gasteiger partial charge in [-0.05, 0) is 30.3 Å². The van der Waals surface area contributed by atoms with Crippen LogP contribution in [0.3, 0.4) is 0 Å². The fourth-order valence-corrected chi connectivity index (χ4v) is 3.00. The Hall–Kier alpha value is -2.48. The van der Waals surface area contributed by atoms with E-state index < -0.39 is 26.6 Å². The van der Waals surface area contributed by atoms with Gasteiger partial charge in [-0.1, -0.05) is 12.1 Å². The first-order chi connectivity index (χ1) is 10.3. The molecule has 8 heteroatoms. The minimum absolute atomic E-state index is 0.0638. The molecule has 0 saturated carbocycles. The average Bonchev–Trinajstić information content (AvgIpc) is 2.36. The van der Waals surface area contributed by atoms with Crippen molar-refractivity contribution in [3.05, 3.63) is 54.1 Å². The second-order valence-electron chi connectivity index (χ2n) is 4.42. The minimum Gasteiger partial charge on any atom is -0.326 e. The monoisotopic (exact) mass is 326 g/mol. The number of sulfonamides is 1. The maximum Gasteiger partial charge on any atom is 0.267 e. The smallest absolute Gasteiger partial charge is 0.267 e. The molecule has 2 aromatic carbocycles. The molecule has 0 radical (unpaired) electrons. The Kier molecular flexibility index (Phi) is 4.41. The Labute approximate surface area is 126 Å². The molecule has 2 N–H and O–H groups in total. The molecule has 1 amide bonds. The third-order valence-corrected chi connectivity index (χ3v) is 4.05. The molecule has 5 nitrogen and oxygen atoms in total. The van der Waals surface area contributed by atoms with Crippen LogP contribution in [0.5, 0.6) is 0 Å². The molecule has 2 rings (SSSR count). The van der Waals surface area contributed by atoms with E-state index in [0.29, 0.717) is 5.69 Å². The number of nitrogens with one attached hydrogen (secondary N) is 2. The summed E-state index contributed by atoms with van der Waals surface area (Å²) in [6.45, 7) is 1.30. The first-order valence-corrected chi connectivity index (χ1v) is 7.62. The normalized spacial score (nSPS) is 11.0. The highest BCUT2D eigenvalue weighted by Crippen LogP contribution is 2.23. The van der Waals surface area contributed by atoms with Crippen molar-refractivity contribution >= 4 is 27.3 Å². The molecule has 0 spiro atoms. The molecule has 22 heavy (non-hydrogen) atoms. The van der Waals surface area contributed by atoms with E-state index >= 15 is 0 Å². The summed E-state index contributed by atoms with van der Waals surface area (Å²) < 4.78 is 53.4. The largest absolute Gasteiger partial charge is 0.326 e. The van der Waals surface area contributed by atoms with Crippen molar-refractivity contribution in [2.45, 2.75) is 11.8 Å². The van der Waals surface area contributed by atoms with E-state index in [4.69, 9.17) is 0 Å². The van der Waals surface area contributed by atoms with Crippen LogP contribution < -0.4 is 10.0 Å². The summed E-state index contributed by atoms with van der Waals surface area (Å²) >= 11 is 0. The molecular weight excluding hydrogens is 314 g/mol. The summed E-state index contributed by atoms with van der Waals surface area (Å²) in [5.74, 6) is -2.71. The molecule has 0 saturated heterocycles. The van der Waals surface area contributed by atoms with Gasteiger partial charge in [0.1, 0.15) is 11.6 Å². The van der Waals surface area contributed by atoms with Gasteiger partial charge in [-0.2, -0.15) is 0 Å². The Morgan fingerprint density at radius 2 is 1.55 bits per heavy atom. The summed E-state index contributed by atoms with van der Waals surface area (Å²) in [4.78, 5) is 9.92. The van der Waals surface area contributed by atoms with Crippen LogP contribution in [0.2, 0.25) is 0 Å². The quantitative estimate of drug-likeness (QED) is 0.907. The van der Waals surface area contributed by atoms with Crippen molar-refractivity contribution < 1.29 is 22.0 Å². The maximum atomic E-state index is 13.6. The lowest BCUT2D eigenvalue weighted by atomic mass is 10.3. The Morgan fingerprint density at radius 1 is 1.00 bits per heavy atom. The molecule has 0 aliphatic carbocycles. The lowest BCUT2D eigenvalue weighted by Gasteiger charge is -2.11. The van der Waals surface area contributed by atoms with Gasteiger partial charge in [0.2, 0.25) is 5.91 Å². The van der Waals surface area contributed by atoms with Gasteiger partial charge in [0.15, 0.2) is 4.90 Å². The van der Waals surface area contributed by atoms with Gasteiger partial charge in [-0.25, -0.2) is 17.2 Å². The molecule has 116 valence electrons. The van der Waals surface area contributed by atoms with E-state index in [2.05, 4.69) is 10.0 Å². The van der Waals surface area contributed by atoms with Gasteiger partial charge in [-0.15, -0.1) is 0 Å². The predicted octanol–water partition coefficient (Wildman–Crippen LogP) is 2.72. The fourth-order valence-electron chi connectivity index (χ4n) is 1.81. The zero-order valence-electron chi connectivity index (χ0n) is 11.4. The summed E-state index contributed by atoms with van der Waals surface area (Å²) in [7, 11) is -4.43. The standard InChI is InChI=1S/C14H12F2N2O3S/c1-9(19)17-10-4-2-5-11(8-10)18-22(20,21)14-12(15)6-3-7-13(14)16/h2-8,18H,1H3,(H,17,19). The van der Waals surface area contributed by atoms with Crippen molar-refractivity contribution in [3.63, 3.8) is 0 Å². The van der Waals surface area contributed by atoms with Crippen molar-refractivity contribution in [2.75, 3.05) is 10.0 Å². The lowest BCUT2D eigenvalue weighted by molar-refractivity contribution is -0.114. The first-order valence-electron chi connectivity index (χ1n) is 6.14. The second kappa shape index (κ2) is 6.10. The van der Waals surface area contributed by atoms with Gasteiger partial charge in [-0.3, -0.25) is 9.52 Å². The van der Waals surface area contributed by atoms with E-state index in [9.17, 15) is 22.0 Å². The highest BCUT2D eigenvalue weighted by Gasteiger charge is 2.23. The number of hydrogen-bond donors (Lipinski definition) is 2. The highest BCUT2D eigenvalue weighted by atomic mass is 32.2. The Morgan fingerprint density at radius 3 is 2.14 bits per heavy atom. The van der Waals surface area contributed by atoms with E-state index in [0.717, 1.165) is 18.2 Å². The van der Waals surface area contributed by atoms with E-state index in [-0.39, 0.29) is 11.6 Å². The van der Waals surface area contributed by atoms with Crippen LogP contribution in [0.25, 0.3) is 0 Å². The minimum atomic E-state index is -4.43. The van der Waals surface area contributed by atoms with Crippen LogP contribution in [0.1, 0.15) is 6.92 Å². The molecule has 0 bridgehead atoms. The second-order valence-corrected chi connectivity index (χ2v) is 6.04. The van der Waals surface area contributed by atoms with Gasteiger partial charge < -0.3 is 5.32 Å². The zero-order chi connectivity index (χ0) is 16.3. The molecule has 0 aliphatic heterocycles. The summed E-state index contributed by atoms with van der Waals surface area (Å²) in [5, 5.41) is 2.47. The molecule has 0 unspecified atom stereocenters. The molecule has 0 heterocycles. The van der Waals surface area contributed by atoms with Crippen LogP contribution in [0.4, 0.5) is 20.2 Å². The number of amides is 1.